The normalized spacial score (nSPS) is 10.9. The number of benzene rings is 1. The zero-order valence-corrected chi connectivity index (χ0v) is 17.0. The Bertz CT molecular complexity index is 1250. The van der Waals surface area contributed by atoms with Gasteiger partial charge in [-0.15, -0.1) is 0 Å². The molecule has 0 saturated heterocycles. The average Bonchev–Trinajstić information content (AvgIpc) is 3.28. The summed E-state index contributed by atoms with van der Waals surface area (Å²) >= 11 is 0. The first-order chi connectivity index (χ1) is 16.2. The molecule has 0 radical (unpaired) electrons. The minimum Gasteiger partial charge on any atom is -0.383 e. The van der Waals surface area contributed by atoms with Gasteiger partial charge in [0.25, 0.3) is 5.91 Å². The molecule has 10 nitrogen and oxygen atoms in total. The summed E-state index contributed by atoms with van der Waals surface area (Å²) < 4.78 is 46.1. The van der Waals surface area contributed by atoms with Gasteiger partial charge in [-0.1, -0.05) is 5.16 Å². The maximum atomic E-state index is 12.5. The van der Waals surface area contributed by atoms with Crippen LogP contribution in [-0.2, 0) is 22.6 Å². The van der Waals surface area contributed by atoms with Gasteiger partial charge in [0.05, 0.1) is 29.4 Å². The molecular formula is C21H14F3N5O5. The van der Waals surface area contributed by atoms with Crippen molar-refractivity contribution in [3.05, 3.63) is 76.9 Å². The molecule has 0 aliphatic heterocycles. The topological polar surface area (TPSA) is 147 Å². The summed E-state index contributed by atoms with van der Waals surface area (Å²) in [5, 5.41) is 18.0. The minimum absolute atomic E-state index is 0.117. The van der Waals surface area contributed by atoms with Crippen LogP contribution >= 0.6 is 0 Å². The van der Waals surface area contributed by atoms with Gasteiger partial charge >= 0.3 is 18.1 Å². The Balaban J connectivity index is 1.69. The molecule has 1 amide bonds. The average molecular weight is 473 g/mol. The van der Waals surface area contributed by atoms with E-state index in [2.05, 4.69) is 25.5 Å². The first kappa shape index (κ1) is 24.1. The predicted octanol–water partition coefficient (Wildman–Crippen LogP) is 2.73. The van der Waals surface area contributed by atoms with Gasteiger partial charge in [0, 0.05) is 25.0 Å². The maximum Gasteiger partial charge on any atom is 0.491 e. The molecule has 0 aliphatic carbocycles. The molecular weight excluding hydrogens is 459 g/mol. The lowest BCUT2D eigenvalue weighted by Crippen LogP contribution is -2.28. The SMILES string of the molecule is N#Cc1ccc(NC(=O)c2cc(CNCc3ccncc3)on2)c(C(=O)OC(=O)C(F)(F)F)c1. The number of carbonyl (C=O) groups excluding carboxylic acids is 3. The number of alkyl halides is 3. The summed E-state index contributed by atoms with van der Waals surface area (Å²) in [6, 6.07) is 9.82. The van der Waals surface area contributed by atoms with Crippen molar-refractivity contribution in [2.24, 2.45) is 0 Å². The van der Waals surface area contributed by atoms with Crippen molar-refractivity contribution in [2.45, 2.75) is 19.3 Å². The second-order valence-corrected chi connectivity index (χ2v) is 6.64. The number of rotatable bonds is 7. The zero-order valence-electron chi connectivity index (χ0n) is 17.0. The Hall–Kier alpha value is -4.57. The first-order valence-electron chi connectivity index (χ1n) is 9.41. The van der Waals surface area contributed by atoms with Crippen LogP contribution in [-0.4, -0.2) is 34.2 Å². The van der Waals surface area contributed by atoms with Crippen LogP contribution in [0, 0.1) is 11.3 Å². The monoisotopic (exact) mass is 473 g/mol. The van der Waals surface area contributed by atoms with Crippen molar-refractivity contribution >= 4 is 23.5 Å². The molecule has 2 N–H and O–H groups in total. The summed E-state index contributed by atoms with van der Waals surface area (Å²) in [7, 11) is 0. The largest absolute Gasteiger partial charge is 0.491 e. The number of nitrogens with one attached hydrogen (secondary N) is 2. The number of hydrogen-bond donors (Lipinski definition) is 2. The predicted molar refractivity (Wildman–Crippen MR) is 107 cm³/mol. The molecule has 0 spiro atoms. The molecule has 2 heterocycles. The van der Waals surface area contributed by atoms with E-state index >= 15 is 0 Å². The molecule has 174 valence electrons. The van der Waals surface area contributed by atoms with Crippen molar-refractivity contribution in [2.75, 3.05) is 5.32 Å². The molecule has 0 aliphatic rings. The van der Waals surface area contributed by atoms with Crippen LogP contribution in [0.5, 0.6) is 0 Å². The summed E-state index contributed by atoms with van der Waals surface area (Å²) in [5.41, 5.74) is -0.266. The lowest BCUT2D eigenvalue weighted by atomic mass is 10.1. The highest BCUT2D eigenvalue weighted by atomic mass is 19.4. The highest BCUT2D eigenvalue weighted by molar-refractivity contribution is 6.08. The number of hydrogen-bond acceptors (Lipinski definition) is 9. The Morgan fingerprint density at radius 2 is 1.82 bits per heavy atom. The number of carbonyl (C=O) groups is 3. The van der Waals surface area contributed by atoms with Crippen molar-refractivity contribution in [1.29, 1.82) is 5.26 Å². The fourth-order valence-corrected chi connectivity index (χ4v) is 2.61. The number of halogens is 3. The summed E-state index contributed by atoms with van der Waals surface area (Å²) in [5.74, 6) is -4.98. The number of pyridine rings is 1. The minimum atomic E-state index is -5.41. The number of ether oxygens (including phenoxy) is 1. The van der Waals surface area contributed by atoms with E-state index in [4.69, 9.17) is 9.78 Å². The standard InChI is InChI=1S/C21H14F3N5O5/c22-21(23,24)20(32)33-19(31)15-7-13(9-25)1-2-16(15)28-18(30)17-8-14(34-29-17)11-27-10-12-3-5-26-6-4-12/h1-8,27H,10-11H2,(H,28,30). The van der Waals surface area contributed by atoms with E-state index in [1.807, 2.05) is 12.1 Å². The van der Waals surface area contributed by atoms with E-state index in [0.29, 0.717) is 12.3 Å². The highest BCUT2D eigenvalue weighted by Crippen LogP contribution is 2.22. The third-order valence-corrected chi connectivity index (χ3v) is 4.20. The molecule has 1 aromatic carbocycles. The molecule has 0 fully saturated rings. The van der Waals surface area contributed by atoms with E-state index in [1.165, 1.54) is 12.1 Å². The summed E-state index contributed by atoms with van der Waals surface area (Å²) in [6.07, 6.45) is -2.13. The van der Waals surface area contributed by atoms with Crippen LogP contribution < -0.4 is 10.6 Å². The van der Waals surface area contributed by atoms with Gasteiger partial charge < -0.3 is 19.9 Å². The maximum absolute atomic E-state index is 12.5. The summed E-state index contributed by atoms with van der Waals surface area (Å²) in [4.78, 5) is 39.5. The lowest BCUT2D eigenvalue weighted by Gasteiger charge is -2.10. The van der Waals surface area contributed by atoms with Gasteiger partial charge in [-0.05, 0) is 35.9 Å². The third kappa shape index (κ3) is 6.24. The van der Waals surface area contributed by atoms with Crippen LogP contribution in [0.25, 0.3) is 0 Å². The molecule has 0 unspecified atom stereocenters. The number of nitriles is 1. The fourth-order valence-electron chi connectivity index (χ4n) is 2.61. The molecule has 3 aromatic rings. The van der Waals surface area contributed by atoms with Crippen LogP contribution in [0.15, 0.2) is 53.3 Å². The third-order valence-electron chi connectivity index (χ3n) is 4.20. The van der Waals surface area contributed by atoms with Crippen molar-refractivity contribution in [1.82, 2.24) is 15.5 Å². The highest BCUT2D eigenvalue weighted by Gasteiger charge is 2.42. The van der Waals surface area contributed by atoms with Gasteiger partial charge in [0.1, 0.15) is 0 Å². The molecule has 13 heteroatoms. The second-order valence-electron chi connectivity index (χ2n) is 6.64. The Morgan fingerprint density at radius 1 is 1.09 bits per heavy atom. The van der Waals surface area contributed by atoms with Gasteiger partial charge in [0.15, 0.2) is 11.5 Å². The van der Waals surface area contributed by atoms with E-state index in [0.717, 1.165) is 17.7 Å². The van der Waals surface area contributed by atoms with Crippen LogP contribution in [0.2, 0.25) is 0 Å². The number of anilines is 1. The van der Waals surface area contributed by atoms with Crippen molar-refractivity contribution in [3.8, 4) is 6.07 Å². The molecule has 0 atom stereocenters. The summed E-state index contributed by atoms with van der Waals surface area (Å²) in [6.45, 7) is 0.731. The van der Waals surface area contributed by atoms with Gasteiger partial charge in [-0.2, -0.15) is 18.4 Å². The van der Waals surface area contributed by atoms with Gasteiger partial charge in [-0.3, -0.25) is 9.78 Å². The van der Waals surface area contributed by atoms with E-state index in [-0.39, 0.29) is 23.5 Å². The number of esters is 2. The Morgan fingerprint density at radius 3 is 2.50 bits per heavy atom. The van der Waals surface area contributed by atoms with Gasteiger partial charge in [-0.25, -0.2) is 9.59 Å². The molecule has 0 bridgehead atoms. The molecule has 34 heavy (non-hydrogen) atoms. The van der Waals surface area contributed by atoms with Crippen LogP contribution in [0.4, 0.5) is 18.9 Å². The van der Waals surface area contributed by atoms with Crippen molar-refractivity contribution < 1.29 is 36.8 Å². The zero-order chi connectivity index (χ0) is 24.7. The van der Waals surface area contributed by atoms with Crippen LogP contribution in [0.1, 0.15) is 37.7 Å². The molecule has 3 rings (SSSR count). The quantitative estimate of drug-likeness (QED) is 0.390. The number of nitrogens with zero attached hydrogens (tertiary/aromatic N) is 3. The van der Waals surface area contributed by atoms with Crippen molar-refractivity contribution in [3.63, 3.8) is 0 Å². The lowest BCUT2D eigenvalue weighted by molar-refractivity contribution is -0.193. The van der Waals surface area contributed by atoms with Gasteiger partial charge in [0.2, 0.25) is 0 Å². The second kappa shape index (κ2) is 10.4. The van der Waals surface area contributed by atoms with Crippen LogP contribution in [0.3, 0.4) is 0 Å². The smallest absolute Gasteiger partial charge is 0.383 e. The van der Waals surface area contributed by atoms with E-state index in [1.54, 1.807) is 18.5 Å². The Kier molecular flexibility index (Phi) is 7.34. The Labute approximate surface area is 189 Å². The molecule has 2 aromatic heterocycles. The van der Waals surface area contributed by atoms with E-state index in [9.17, 15) is 27.6 Å². The number of aromatic nitrogens is 2. The fraction of sp³-hybridized carbons (Fsp3) is 0.143. The molecule has 0 saturated carbocycles. The first-order valence-corrected chi connectivity index (χ1v) is 9.41. The number of amides is 1. The van der Waals surface area contributed by atoms with E-state index < -0.39 is 29.6 Å².